The maximum Gasteiger partial charge on any atom is 0.390 e. The molecular weight excluding hydrogens is 429 g/mol. The van der Waals surface area contributed by atoms with E-state index in [1.54, 1.807) is 24.1 Å². The van der Waals surface area contributed by atoms with Gasteiger partial charge in [0.1, 0.15) is 6.61 Å². The van der Waals surface area contributed by atoms with Crippen LogP contribution in [0.1, 0.15) is 6.42 Å². The first-order valence-electron chi connectivity index (χ1n) is 6.69. The molecule has 1 N–H and O–H groups in total. The Morgan fingerprint density at radius 1 is 1.30 bits per heavy atom. The number of nitrogens with zero attached hydrogens (tertiary/aromatic N) is 2. The SMILES string of the molecule is CN=C(NCCC(F)(F)F)N(C)CCOc1ccccc1F.I. The fourth-order valence-electron chi connectivity index (χ4n) is 1.66. The second kappa shape index (κ2) is 10.5. The first-order valence-corrected chi connectivity index (χ1v) is 6.69. The molecule has 9 heteroatoms. The Hall–Kier alpha value is -1.26. The summed E-state index contributed by atoms with van der Waals surface area (Å²) in [5, 5.41) is 2.61. The lowest BCUT2D eigenvalue weighted by atomic mass is 10.3. The fraction of sp³-hybridized carbons (Fsp3) is 0.500. The average Bonchev–Trinajstić information content (AvgIpc) is 2.44. The van der Waals surface area contributed by atoms with Crippen molar-refractivity contribution in [1.82, 2.24) is 10.2 Å². The molecule has 0 aromatic heterocycles. The van der Waals surface area contributed by atoms with Gasteiger partial charge in [0.25, 0.3) is 0 Å². The molecule has 0 spiro atoms. The molecule has 0 saturated heterocycles. The molecule has 23 heavy (non-hydrogen) atoms. The third-order valence-electron chi connectivity index (χ3n) is 2.79. The monoisotopic (exact) mass is 449 g/mol. The largest absolute Gasteiger partial charge is 0.489 e. The molecule has 0 aliphatic heterocycles. The summed E-state index contributed by atoms with van der Waals surface area (Å²) in [6.07, 6.45) is -5.15. The van der Waals surface area contributed by atoms with Crippen molar-refractivity contribution in [1.29, 1.82) is 0 Å². The summed E-state index contributed by atoms with van der Waals surface area (Å²) in [6, 6.07) is 6.00. The van der Waals surface area contributed by atoms with Crippen molar-refractivity contribution in [2.24, 2.45) is 4.99 Å². The van der Waals surface area contributed by atoms with Crippen molar-refractivity contribution in [3.8, 4) is 5.75 Å². The third-order valence-corrected chi connectivity index (χ3v) is 2.79. The number of nitrogens with one attached hydrogen (secondary N) is 1. The maximum atomic E-state index is 13.3. The van der Waals surface area contributed by atoms with Gasteiger partial charge in [0.15, 0.2) is 17.5 Å². The molecule has 1 aromatic carbocycles. The number of ether oxygens (including phenoxy) is 1. The van der Waals surface area contributed by atoms with Crippen molar-refractivity contribution in [2.75, 3.05) is 33.8 Å². The van der Waals surface area contributed by atoms with Crippen LogP contribution in [0.4, 0.5) is 17.6 Å². The molecule has 0 fully saturated rings. The number of aliphatic imine (C=N–C) groups is 1. The van der Waals surface area contributed by atoms with E-state index in [2.05, 4.69) is 10.3 Å². The summed E-state index contributed by atoms with van der Waals surface area (Å²) >= 11 is 0. The van der Waals surface area contributed by atoms with Crippen molar-refractivity contribution in [3.05, 3.63) is 30.1 Å². The van der Waals surface area contributed by atoms with E-state index in [1.807, 2.05) is 0 Å². The molecule has 0 aliphatic rings. The molecule has 132 valence electrons. The summed E-state index contributed by atoms with van der Waals surface area (Å²) in [6.45, 7) is 0.270. The molecule has 1 rings (SSSR count). The first-order chi connectivity index (χ1) is 10.3. The fourth-order valence-corrected chi connectivity index (χ4v) is 1.66. The van der Waals surface area contributed by atoms with Crippen LogP contribution in [0.3, 0.4) is 0 Å². The van der Waals surface area contributed by atoms with Crippen molar-refractivity contribution in [2.45, 2.75) is 12.6 Å². The molecule has 0 radical (unpaired) electrons. The lowest BCUT2D eigenvalue weighted by Gasteiger charge is -2.22. The van der Waals surface area contributed by atoms with E-state index in [0.717, 1.165) is 0 Å². The Bertz CT molecular complexity index is 497. The highest BCUT2D eigenvalue weighted by atomic mass is 127. The summed E-state index contributed by atoms with van der Waals surface area (Å²) < 4.78 is 54.9. The van der Waals surface area contributed by atoms with Crippen LogP contribution in [0.15, 0.2) is 29.3 Å². The smallest absolute Gasteiger partial charge is 0.390 e. The van der Waals surface area contributed by atoms with Crippen LogP contribution in [-0.4, -0.2) is 50.8 Å². The van der Waals surface area contributed by atoms with E-state index in [9.17, 15) is 17.6 Å². The summed E-state index contributed by atoms with van der Waals surface area (Å²) in [5.74, 6) is -0.00450. The van der Waals surface area contributed by atoms with E-state index in [0.29, 0.717) is 12.5 Å². The highest BCUT2D eigenvalue weighted by Crippen LogP contribution is 2.18. The second-order valence-corrected chi connectivity index (χ2v) is 4.54. The van der Waals surface area contributed by atoms with Gasteiger partial charge in [-0.05, 0) is 12.1 Å². The molecule has 1 aromatic rings. The number of alkyl halides is 3. The van der Waals surface area contributed by atoms with Gasteiger partial charge >= 0.3 is 6.18 Å². The van der Waals surface area contributed by atoms with Gasteiger partial charge in [-0.2, -0.15) is 13.2 Å². The summed E-state index contributed by atoms with van der Waals surface area (Å²) in [7, 11) is 3.14. The Kier molecular flexibility index (Phi) is 9.93. The van der Waals surface area contributed by atoms with E-state index in [-0.39, 0.29) is 42.9 Å². The first kappa shape index (κ1) is 21.7. The Labute approximate surface area is 149 Å². The maximum absolute atomic E-state index is 13.3. The predicted molar refractivity (Wildman–Crippen MR) is 92.0 cm³/mol. The third kappa shape index (κ3) is 8.82. The molecule has 0 unspecified atom stereocenters. The lowest BCUT2D eigenvalue weighted by molar-refractivity contribution is -0.132. The molecule has 0 aliphatic carbocycles. The van der Waals surface area contributed by atoms with Gasteiger partial charge in [0, 0.05) is 20.6 Å². The zero-order valence-electron chi connectivity index (χ0n) is 12.9. The lowest BCUT2D eigenvalue weighted by Crippen LogP contribution is -2.42. The molecule has 0 bridgehead atoms. The molecular formula is C14H20F4IN3O. The minimum atomic E-state index is -4.21. The van der Waals surface area contributed by atoms with Gasteiger partial charge in [0.05, 0.1) is 13.0 Å². The number of rotatable bonds is 6. The number of hydrogen-bond donors (Lipinski definition) is 1. The Morgan fingerprint density at radius 2 is 1.96 bits per heavy atom. The van der Waals surface area contributed by atoms with Crippen molar-refractivity contribution >= 4 is 29.9 Å². The van der Waals surface area contributed by atoms with E-state index in [1.165, 1.54) is 19.2 Å². The Morgan fingerprint density at radius 3 is 2.52 bits per heavy atom. The minimum Gasteiger partial charge on any atom is -0.489 e. The summed E-state index contributed by atoms with van der Waals surface area (Å²) in [4.78, 5) is 5.49. The number of hydrogen-bond acceptors (Lipinski definition) is 2. The van der Waals surface area contributed by atoms with Gasteiger partial charge in [0.2, 0.25) is 0 Å². The van der Waals surface area contributed by atoms with Crippen LogP contribution in [-0.2, 0) is 0 Å². The van der Waals surface area contributed by atoms with Crippen LogP contribution in [0.25, 0.3) is 0 Å². The van der Waals surface area contributed by atoms with Crippen molar-refractivity contribution < 1.29 is 22.3 Å². The van der Waals surface area contributed by atoms with E-state index < -0.39 is 18.4 Å². The molecule has 4 nitrogen and oxygen atoms in total. The Balaban J connectivity index is 0.00000484. The number of para-hydroxylation sites is 1. The zero-order valence-corrected chi connectivity index (χ0v) is 15.2. The summed E-state index contributed by atoms with van der Waals surface area (Å²) in [5.41, 5.74) is 0. The topological polar surface area (TPSA) is 36.9 Å². The van der Waals surface area contributed by atoms with Crippen LogP contribution in [0.5, 0.6) is 5.75 Å². The predicted octanol–water partition coefficient (Wildman–Crippen LogP) is 3.28. The molecule has 0 saturated carbocycles. The van der Waals surface area contributed by atoms with Gasteiger partial charge in [-0.15, -0.1) is 24.0 Å². The molecule has 0 heterocycles. The van der Waals surface area contributed by atoms with E-state index in [4.69, 9.17) is 4.74 Å². The second-order valence-electron chi connectivity index (χ2n) is 4.54. The van der Waals surface area contributed by atoms with Gasteiger partial charge in [-0.25, -0.2) is 4.39 Å². The number of guanidine groups is 1. The highest BCUT2D eigenvalue weighted by molar-refractivity contribution is 14.0. The quantitative estimate of drug-likeness (QED) is 0.314. The molecule has 0 amide bonds. The van der Waals surface area contributed by atoms with Gasteiger partial charge < -0.3 is 15.0 Å². The normalized spacial score (nSPS) is 11.7. The van der Waals surface area contributed by atoms with Crippen LogP contribution < -0.4 is 10.1 Å². The number of likely N-dealkylation sites (N-methyl/N-ethyl adjacent to an activating group) is 1. The van der Waals surface area contributed by atoms with E-state index >= 15 is 0 Å². The number of halogens is 5. The van der Waals surface area contributed by atoms with Crippen LogP contribution >= 0.6 is 24.0 Å². The standard InChI is InChI=1S/C14H19F4N3O.HI/c1-19-13(20-8-7-14(16,17)18)21(2)9-10-22-12-6-4-3-5-11(12)15;/h3-6H,7-10H2,1-2H3,(H,19,20);1H. The highest BCUT2D eigenvalue weighted by Gasteiger charge is 2.26. The van der Waals surface area contributed by atoms with Gasteiger partial charge in [-0.3, -0.25) is 4.99 Å². The van der Waals surface area contributed by atoms with Gasteiger partial charge in [-0.1, -0.05) is 12.1 Å². The van der Waals surface area contributed by atoms with Crippen LogP contribution in [0.2, 0.25) is 0 Å². The molecule has 0 atom stereocenters. The average molecular weight is 449 g/mol. The van der Waals surface area contributed by atoms with Crippen LogP contribution in [0, 0.1) is 5.82 Å². The zero-order chi connectivity index (χ0) is 16.6. The van der Waals surface area contributed by atoms with Crippen molar-refractivity contribution in [3.63, 3.8) is 0 Å². The minimum absolute atomic E-state index is 0. The number of benzene rings is 1.